The highest BCUT2D eigenvalue weighted by Gasteiger charge is 2.31. The maximum Gasteiger partial charge on any atom is 0.416 e. The zero-order valence-electron chi connectivity index (χ0n) is 13.6. The van der Waals surface area contributed by atoms with Gasteiger partial charge >= 0.3 is 18.1 Å². The van der Waals surface area contributed by atoms with Gasteiger partial charge in [0.1, 0.15) is 6.04 Å². The van der Waals surface area contributed by atoms with Crippen LogP contribution >= 0.6 is 0 Å². The molecule has 0 heterocycles. The molecule has 6 nitrogen and oxygen atoms in total. The van der Waals surface area contributed by atoms with Crippen LogP contribution in [0, 0.1) is 5.92 Å². The number of carboxylic acids is 1. The molecule has 1 rings (SSSR count). The molecular weight excluding hydrogens is 343 g/mol. The molecule has 0 fully saturated rings. The lowest BCUT2D eigenvalue weighted by Gasteiger charge is -2.18. The van der Waals surface area contributed by atoms with Crippen LogP contribution in [-0.2, 0) is 20.5 Å². The molecule has 1 aromatic rings. The standard InChI is InChI=1S/C16H18F3NO5/c1-3-25-15(24)9(2)7-12(14(22)23)20-13(21)10-5-4-6-11(8-10)16(17,18)19/h4-6,8-9,12H,3,7H2,1-2H3,(H,20,21)(H,22,23)/t9-,12+/m1/s1. The average molecular weight is 361 g/mol. The van der Waals surface area contributed by atoms with Crippen LogP contribution in [0.5, 0.6) is 0 Å². The van der Waals surface area contributed by atoms with Crippen molar-refractivity contribution in [3.8, 4) is 0 Å². The van der Waals surface area contributed by atoms with E-state index >= 15 is 0 Å². The second-order valence-corrected chi connectivity index (χ2v) is 5.33. The Bertz CT molecular complexity index is 645. The summed E-state index contributed by atoms with van der Waals surface area (Å²) in [4.78, 5) is 34.9. The van der Waals surface area contributed by atoms with Gasteiger partial charge in [0.2, 0.25) is 0 Å². The van der Waals surface area contributed by atoms with Crippen LogP contribution in [0.2, 0.25) is 0 Å². The molecule has 0 aliphatic rings. The topological polar surface area (TPSA) is 92.7 Å². The van der Waals surface area contributed by atoms with Crippen molar-refractivity contribution in [2.45, 2.75) is 32.5 Å². The first kappa shape index (κ1) is 20.5. The molecule has 0 saturated carbocycles. The number of hydrogen-bond acceptors (Lipinski definition) is 4. The predicted molar refractivity (Wildman–Crippen MR) is 80.7 cm³/mol. The fraction of sp³-hybridized carbons (Fsp3) is 0.438. The molecule has 138 valence electrons. The van der Waals surface area contributed by atoms with Gasteiger partial charge in [-0.15, -0.1) is 0 Å². The second-order valence-electron chi connectivity index (χ2n) is 5.33. The highest BCUT2D eigenvalue weighted by molar-refractivity contribution is 5.96. The Morgan fingerprint density at radius 2 is 1.92 bits per heavy atom. The van der Waals surface area contributed by atoms with Crippen LogP contribution in [0.15, 0.2) is 24.3 Å². The molecule has 1 amide bonds. The maximum atomic E-state index is 12.7. The number of alkyl halides is 3. The molecule has 0 aliphatic carbocycles. The fourth-order valence-electron chi connectivity index (χ4n) is 2.03. The Morgan fingerprint density at radius 3 is 2.44 bits per heavy atom. The van der Waals surface area contributed by atoms with E-state index in [0.717, 1.165) is 18.2 Å². The third-order valence-corrected chi connectivity index (χ3v) is 3.33. The zero-order valence-corrected chi connectivity index (χ0v) is 13.6. The van der Waals surface area contributed by atoms with Crippen LogP contribution in [-0.4, -0.2) is 35.6 Å². The largest absolute Gasteiger partial charge is 0.480 e. The Hall–Kier alpha value is -2.58. The summed E-state index contributed by atoms with van der Waals surface area (Å²) >= 11 is 0. The molecule has 0 bridgehead atoms. The Morgan fingerprint density at radius 1 is 1.28 bits per heavy atom. The van der Waals surface area contributed by atoms with Crippen molar-refractivity contribution in [1.82, 2.24) is 5.32 Å². The monoisotopic (exact) mass is 361 g/mol. The number of esters is 1. The van der Waals surface area contributed by atoms with E-state index in [-0.39, 0.29) is 18.6 Å². The summed E-state index contributed by atoms with van der Waals surface area (Å²) in [6.07, 6.45) is -4.88. The van der Waals surface area contributed by atoms with Crippen molar-refractivity contribution in [3.05, 3.63) is 35.4 Å². The van der Waals surface area contributed by atoms with Gasteiger partial charge in [-0.1, -0.05) is 13.0 Å². The van der Waals surface area contributed by atoms with E-state index in [0.29, 0.717) is 6.07 Å². The van der Waals surface area contributed by atoms with Crippen molar-refractivity contribution in [2.75, 3.05) is 6.61 Å². The summed E-state index contributed by atoms with van der Waals surface area (Å²) in [5, 5.41) is 11.3. The van der Waals surface area contributed by atoms with Crippen molar-refractivity contribution in [3.63, 3.8) is 0 Å². The van der Waals surface area contributed by atoms with Crippen molar-refractivity contribution < 1.29 is 37.4 Å². The van der Waals surface area contributed by atoms with Gasteiger partial charge < -0.3 is 15.2 Å². The van der Waals surface area contributed by atoms with E-state index < -0.39 is 41.5 Å². The number of ether oxygens (including phenoxy) is 1. The normalized spacial score (nSPS) is 13.6. The van der Waals surface area contributed by atoms with Gasteiger partial charge in [-0.05, 0) is 31.5 Å². The minimum atomic E-state index is -4.62. The van der Waals surface area contributed by atoms with E-state index in [1.807, 2.05) is 0 Å². The average Bonchev–Trinajstić information content (AvgIpc) is 2.53. The number of aliphatic carboxylic acids is 1. The smallest absolute Gasteiger partial charge is 0.416 e. The van der Waals surface area contributed by atoms with Crippen LogP contribution < -0.4 is 5.32 Å². The lowest BCUT2D eigenvalue weighted by molar-refractivity contribution is -0.148. The lowest BCUT2D eigenvalue weighted by atomic mass is 10.0. The molecular formula is C16H18F3NO5. The number of rotatable bonds is 7. The van der Waals surface area contributed by atoms with E-state index in [9.17, 15) is 27.6 Å². The Labute approximate surface area is 142 Å². The zero-order chi connectivity index (χ0) is 19.2. The molecule has 0 unspecified atom stereocenters. The van der Waals surface area contributed by atoms with E-state index in [2.05, 4.69) is 5.32 Å². The number of carboxylic acid groups (broad SMARTS) is 1. The summed E-state index contributed by atoms with van der Waals surface area (Å²) in [7, 11) is 0. The molecule has 2 atom stereocenters. The van der Waals surface area contributed by atoms with Crippen LogP contribution in [0.1, 0.15) is 36.2 Å². The molecule has 2 N–H and O–H groups in total. The third-order valence-electron chi connectivity index (χ3n) is 3.33. The summed E-state index contributed by atoms with van der Waals surface area (Å²) in [6, 6.07) is 2.17. The number of amides is 1. The SMILES string of the molecule is CCOC(=O)[C@H](C)C[C@H](NC(=O)c1cccc(C(F)(F)F)c1)C(=O)O. The second kappa shape index (κ2) is 8.50. The minimum Gasteiger partial charge on any atom is -0.480 e. The number of carbonyl (C=O) groups is 3. The Kier molecular flexibility index (Phi) is 6.96. The van der Waals surface area contributed by atoms with E-state index in [1.165, 1.54) is 6.92 Å². The highest BCUT2D eigenvalue weighted by atomic mass is 19.4. The van der Waals surface area contributed by atoms with Crippen LogP contribution in [0.4, 0.5) is 13.2 Å². The van der Waals surface area contributed by atoms with Gasteiger partial charge in [0.15, 0.2) is 0 Å². The molecule has 0 radical (unpaired) electrons. The van der Waals surface area contributed by atoms with Crippen molar-refractivity contribution in [2.24, 2.45) is 5.92 Å². The molecule has 1 aromatic carbocycles. The number of hydrogen-bond donors (Lipinski definition) is 2. The van der Waals surface area contributed by atoms with E-state index in [4.69, 9.17) is 9.84 Å². The number of carbonyl (C=O) groups excluding carboxylic acids is 2. The third kappa shape index (κ3) is 6.09. The Balaban J connectivity index is 2.87. The van der Waals surface area contributed by atoms with E-state index in [1.54, 1.807) is 6.92 Å². The van der Waals surface area contributed by atoms with Crippen molar-refractivity contribution >= 4 is 17.8 Å². The summed E-state index contributed by atoms with van der Waals surface area (Å²) < 4.78 is 42.8. The fourth-order valence-corrected chi connectivity index (χ4v) is 2.03. The first-order valence-electron chi connectivity index (χ1n) is 7.43. The van der Waals surface area contributed by atoms with Gasteiger partial charge in [-0.2, -0.15) is 13.2 Å². The molecule has 25 heavy (non-hydrogen) atoms. The van der Waals surface area contributed by atoms with Crippen molar-refractivity contribution in [1.29, 1.82) is 0 Å². The first-order valence-corrected chi connectivity index (χ1v) is 7.43. The summed E-state index contributed by atoms with van der Waals surface area (Å²) in [5.74, 6) is -3.81. The maximum absolute atomic E-state index is 12.7. The van der Waals surface area contributed by atoms with Gasteiger partial charge in [0.05, 0.1) is 18.1 Å². The lowest BCUT2D eigenvalue weighted by Crippen LogP contribution is -2.42. The number of benzene rings is 1. The highest BCUT2D eigenvalue weighted by Crippen LogP contribution is 2.29. The van der Waals surface area contributed by atoms with Gasteiger partial charge in [-0.25, -0.2) is 4.79 Å². The molecule has 0 saturated heterocycles. The molecule has 0 spiro atoms. The summed E-state index contributed by atoms with van der Waals surface area (Å²) in [6.45, 7) is 3.15. The quantitative estimate of drug-likeness (QED) is 0.728. The number of nitrogens with one attached hydrogen (secondary N) is 1. The summed E-state index contributed by atoms with van der Waals surface area (Å²) in [5.41, 5.74) is -1.35. The minimum absolute atomic E-state index is 0.123. The van der Waals surface area contributed by atoms with Crippen LogP contribution in [0.25, 0.3) is 0 Å². The van der Waals surface area contributed by atoms with Gasteiger partial charge in [0.25, 0.3) is 5.91 Å². The van der Waals surface area contributed by atoms with Gasteiger partial charge in [0, 0.05) is 5.56 Å². The number of halogens is 3. The molecule has 0 aromatic heterocycles. The predicted octanol–water partition coefficient (Wildman–Crippen LogP) is 2.48. The van der Waals surface area contributed by atoms with Gasteiger partial charge in [-0.3, -0.25) is 9.59 Å². The molecule has 9 heteroatoms. The molecule has 0 aliphatic heterocycles. The van der Waals surface area contributed by atoms with Crippen LogP contribution in [0.3, 0.4) is 0 Å². The first-order chi connectivity index (χ1) is 11.6.